The number of carbonyl (C=O) groups is 12. The van der Waals surface area contributed by atoms with Crippen molar-refractivity contribution in [2.24, 2.45) is 34.0 Å². The molecule has 11 amide bonds. The van der Waals surface area contributed by atoms with E-state index in [1.165, 1.54) is 4.90 Å². The number of carboxylic acids is 1. The third-order valence-corrected chi connectivity index (χ3v) is 14.7. The number of benzene rings is 2. The first-order valence-corrected chi connectivity index (χ1v) is 28.6. The molecular weight excluding hydrogens is 1100 g/mol. The van der Waals surface area contributed by atoms with Crippen molar-refractivity contribution in [3.05, 3.63) is 71.8 Å². The fourth-order valence-electron chi connectivity index (χ4n) is 10.4. The molecule has 3 aliphatic rings. The normalized spacial score (nSPS) is 26.1. The highest BCUT2D eigenvalue weighted by atomic mass is 16.4. The summed E-state index contributed by atoms with van der Waals surface area (Å²) in [5, 5.41) is 41.4. The fourth-order valence-corrected chi connectivity index (χ4v) is 10.4. The van der Waals surface area contributed by atoms with Crippen LogP contribution in [-0.4, -0.2) is 183 Å². The van der Waals surface area contributed by atoms with E-state index in [2.05, 4.69) is 47.5 Å². The Labute approximate surface area is 492 Å². The van der Waals surface area contributed by atoms with Crippen molar-refractivity contribution in [2.45, 2.75) is 172 Å². The van der Waals surface area contributed by atoms with Crippen LogP contribution in [0.2, 0.25) is 0 Å². The van der Waals surface area contributed by atoms with Gasteiger partial charge in [-0.05, 0) is 74.8 Å². The van der Waals surface area contributed by atoms with Crippen LogP contribution in [0.3, 0.4) is 0 Å². The van der Waals surface area contributed by atoms with Gasteiger partial charge < -0.3 is 79.7 Å². The zero-order valence-corrected chi connectivity index (χ0v) is 48.5. The maximum Gasteiger partial charge on any atom is 0.305 e. The summed E-state index contributed by atoms with van der Waals surface area (Å²) in [5.74, 6) is -13.2. The van der Waals surface area contributed by atoms with Gasteiger partial charge in [0.15, 0.2) is 5.96 Å². The fraction of sp³-hybridized carbons (Fsp3) is 0.561. The van der Waals surface area contributed by atoms with Gasteiger partial charge in [0.1, 0.15) is 60.4 Å². The molecule has 3 saturated heterocycles. The number of rotatable bonds is 16. The molecule has 3 aliphatic heterocycles. The van der Waals surface area contributed by atoms with Crippen molar-refractivity contribution in [3.8, 4) is 0 Å². The Morgan fingerprint density at radius 3 is 1.40 bits per heavy atom. The van der Waals surface area contributed by atoms with Crippen LogP contribution in [0.5, 0.6) is 0 Å². The lowest BCUT2D eigenvalue weighted by Gasteiger charge is -2.32. The predicted octanol–water partition coefficient (Wildman–Crippen LogP) is -3.17. The molecule has 3 fully saturated rings. The summed E-state index contributed by atoms with van der Waals surface area (Å²) >= 11 is 0. The smallest absolute Gasteiger partial charge is 0.305 e. The second kappa shape index (κ2) is 31.8. The lowest BCUT2D eigenvalue weighted by atomic mass is 9.99. The van der Waals surface area contributed by atoms with E-state index >= 15 is 0 Å². The van der Waals surface area contributed by atoms with Crippen molar-refractivity contribution in [2.75, 3.05) is 19.6 Å². The minimum Gasteiger partial charge on any atom is -0.481 e. The maximum atomic E-state index is 14.9. The van der Waals surface area contributed by atoms with Gasteiger partial charge in [0.2, 0.25) is 65.0 Å². The van der Waals surface area contributed by atoms with Gasteiger partial charge in [-0.15, -0.1) is 0 Å². The van der Waals surface area contributed by atoms with Crippen LogP contribution in [0.1, 0.15) is 104 Å². The average molecular weight is 1190 g/mol. The summed E-state index contributed by atoms with van der Waals surface area (Å²) in [4.78, 5) is 176. The molecule has 0 spiro atoms. The number of aliphatic hydroxyl groups is 1. The Morgan fingerprint density at radius 1 is 0.541 bits per heavy atom. The van der Waals surface area contributed by atoms with Crippen molar-refractivity contribution in [1.82, 2.24) is 52.3 Å². The van der Waals surface area contributed by atoms with Crippen LogP contribution < -0.4 is 59.7 Å². The number of aliphatic hydroxyl groups excluding tert-OH is 1. The minimum atomic E-state index is -1.91. The predicted molar refractivity (Wildman–Crippen MR) is 307 cm³/mol. The zero-order chi connectivity index (χ0) is 62.7. The van der Waals surface area contributed by atoms with E-state index in [1.54, 1.807) is 88.4 Å². The highest BCUT2D eigenvalue weighted by Crippen LogP contribution is 2.23. The quantitative estimate of drug-likeness (QED) is 0.0448. The topological polar surface area (TPSA) is 438 Å². The van der Waals surface area contributed by atoms with E-state index in [0.717, 1.165) is 11.8 Å². The second-order valence-corrected chi connectivity index (χ2v) is 22.4. The van der Waals surface area contributed by atoms with E-state index < -0.39 is 156 Å². The third-order valence-electron chi connectivity index (χ3n) is 14.7. The van der Waals surface area contributed by atoms with Crippen molar-refractivity contribution < 1.29 is 67.7 Å². The monoisotopic (exact) mass is 1190 g/mol. The first kappa shape index (κ1) is 67.1. The lowest BCUT2D eigenvalue weighted by molar-refractivity contribution is -0.144. The number of carbonyl (C=O) groups excluding carboxylic acids is 11. The van der Waals surface area contributed by atoms with Crippen LogP contribution in [0, 0.1) is 11.8 Å². The Balaban J connectivity index is 1.61. The van der Waals surface area contributed by atoms with Crippen LogP contribution in [0.4, 0.5) is 0 Å². The number of hydrogen-bond acceptors (Lipinski definition) is 14. The number of carboxylic acid groups (broad SMARTS) is 1. The SMILES string of the molecule is CC(C)C[C@@H]1NC(=O)[C@H](CC(=O)O)NC(=O)[C@H]([C@@H](C)O)NC(=O)[C@@H]2CCCN2C(=O)[C@@H](Cc2ccccc2)NC(=O)[C@H](CC(N)=O)NC(=O)[C@H](CCCN=C(N)N)NC(=O)[C@H](C(C)C)NC(=O)[C@@H]2CCCN2C(=O)[C@@H](Cc2ccccc2)NC1=O. The standard InChI is InChI=1S/C57H82N14O14/c1-30(2)25-36-48(77)66-39(26-33-15-8-6-9-16-33)55(84)70-23-13-20-41(70)51(80)68-45(31(3)4)53(82)62-35(19-12-22-61-57(59)60)47(76)64-37(28-43(58)73)49(78)67-40(27-34-17-10-7-11-18-34)56(85)71-24-14-21-42(71)52(81)69-46(32(5)72)54(83)65-38(29-44(74)75)50(79)63-36/h6-11,15-18,30-32,35-42,45-46,72H,12-14,19-29H2,1-5H3,(H2,58,73)(H,62,82)(H,63,79)(H,64,76)(H,65,83)(H,66,77)(H,67,78)(H,68,80)(H,69,81)(H,74,75)(H4,59,60,61)/t32-,35+,36+,37+,38+,39-,40-,41+,42+,45+,46+/m1/s1. The van der Waals surface area contributed by atoms with Crippen LogP contribution in [0.25, 0.3) is 0 Å². The maximum absolute atomic E-state index is 14.9. The Morgan fingerprint density at radius 2 is 0.953 bits per heavy atom. The molecule has 0 bridgehead atoms. The number of nitrogens with zero attached hydrogens (tertiary/aromatic N) is 3. The summed E-state index contributed by atoms with van der Waals surface area (Å²) in [7, 11) is 0. The van der Waals surface area contributed by atoms with Crippen LogP contribution >= 0.6 is 0 Å². The molecule has 2 aromatic carbocycles. The largest absolute Gasteiger partial charge is 0.481 e. The van der Waals surface area contributed by atoms with E-state index in [9.17, 15) is 67.7 Å². The molecule has 2 aromatic rings. The van der Waals surface area contributed by atoms with Gasteiger partial charge in [-0.3, -0.25) is 62.5 Å². The number of amides is 11. The van der Waals surface area contributed by atoms with Crippen molar-refractivity contribution >= 4 is 76.9 Å². The van der Waals surface area contributed by atoms with Crippen molar-refractivity contribution in [1.29, 1.82) is 0 Å². The molecule has 11 atom stereocenters. The number of hydrogen-bond donors (Lipinski definition) is 13. The summed E-state index contributed by atoms with van der Waals surface area (Å²) in [6, 6.07) is 1.78. The summed E-state index contributed by atoms with van der Waals surface area (Å²) in [5.41, 5.74) is 17.9. The summed E-state index contributed by atoms with van der Waals surface area (Å²) in [6.07, 6.45) is -3.24. The Hall–Kier alpha value is -8.69. The molecular formula is C57H82N14O14. The molecule has 0 unspecified atom stereocenters. The number of aliphatic imine (C=N–C) groups is 1. The highest BCUT2D eigenvalue weighted by molar-refractivity contribution is 6.01. The molecule has 464 valence electrons. The molecule has 0 radical (unpaired) electrons. The zero-order valence-electron chi connectivity index (χ0n) is 48.5. The number of primary amides is 1. The van der Waals surface area contributed by atoms with Gasteiger partial charge in [-0.25, -0.2) is 0 Å². The molecule has 5 rings (SSSR count). The van der Waals surface area contributed by atoms with E-state index in [-0.39, 0.29) is 82.9 Å². The van der Waals surface area contributed by atoms with Crippen molar-refractivity contribution in [3.63, 3.8) is 0 Å². The average Bonchev–Trinajstić information content (AvgIpc) is 3.43. The molecule has 0 aromatic heterocycles. The third kappa shape index (κ3) is 20.0. The Kier molecular flexibility index (Phi) is 25.1. The number of aliphatic carboxylic acids is 1. The van der Waals surface area contributed by atoms with Gasteiger partial charge in [0.05, 0.1) is 18.9 Å². The Bertz CT molecular complexity index is 2760. The molecule has 3 heterocycles. The molecule has 16 N–H and O–H groups in total. The number of nitrogens with two attached hydrogens (primary N) is 3. The lowest BCUT2D eigenvalue weighted by Crippen LogP contribution is -2.62. The second-order valence-electron chi connectivity index (χ2n) is 22.4. The number of fused-ring (bicyclic) bond motifs is 2. The first-order valence-electron chi connectivity index (χ1n) is 28.6. The molecule has 85 heavy (non-hydrogen) atoms. The van der Waals surface area contributed by atoms with Gasteiger partial charge in [-0.1, -0.05) is 88.4 Å². The highest BCUT2D eigenvalue weighted by Gasteiger charge is 2.44. The van der Waals surface area contributed by atoms with Crippen LogP contribution in [0.15, 0.2) is 65.7 Å². The van der Waals surface area contributed by atoms with Gasteiger partial charge in [-0.2, -0.15) is 0 Å². The van der Waals surface area contributed by atoms with Gasteiger partial charge in [0, 0.05) is 32.5 Å². The molecule has 28 heteroatoms. The van der Waals surface area contributed by atoms with E-state index in [1.807, 2.05) is 0 Å². The first-order chi connectivity index (χ1) is 40.2. The summed E-state index contributed by atoms with van der Waals surface area (Å²) < 4.78 is 0. The van der Waals surface area contributed by atoms with Gasteiger partial charge >= 0.3 is 5.97 Å². The number of guanidine groups is 1. The molecule has 0 aliphatic carbocycles. The minimum absolute atomic E-state index is 0.0132. The molecule has 28 nitrogen and oxygen atoms in total. The van der Waals surface area contributed by atoms with E-state index in [0.29, 0.717) is 17.5 Å². The van der Waals surface area contributed by atoms with Gasteiger partial charge in [0.25, 0.3) is 0 Å². The van der Waals surface area contributed by atoms with Crippen LogP contribution in [-0.2, 0) is 70.4 Å². The number of nitrogens with one attached hydrogen (secondary N) is 8. The van der Waals surface area contributed by atoms with E-state index in [4.69, 9.17) is 17.2 Å². The molecule has 0 saturated carbocycles. The summed E-state index contributed by atoms with van der Waals surface area (Å²) in [6.45, 7) is 7.86.